The molecule has 21 heavy (non-hydrogen) atoms. The van der Waals surface area contributed by atoms with Gasteiger partial charge in [-0.15, -0.1) is 0 Å². The molecule has 0 saturated carbocycles. The van der Waals surface area contributed by atoms with Gasteiger partial charge in [0.05, 0.1) is 10.9 Å². The van der Waals surface area contributed by atoms with Gasteiger partial charge in [0.15, 0.2) is 0 Å². The molecule has 1 aliphatic carbocycles. The van der Waals surface area contributed by atoms with Gasteiger partial charge in [0.2, 0.25) is 0 Å². The number of pyridine rings is 1. The minimum atomic E-state index is 0.599. The van der Waals surface area contributed by atoms with Crippen molar-refractivity contribution in [2.75, 3.05) is 0 Å². The molecule has 2 aromatic heterocycles. The van der Waals surface area contributed by atoms with Crippen LogP contribution < -0.4 is 10.6 Å². The first kappa shape index (κ1) is 12.7. The van der Waals surface area contributed by atoms with E-state index in [1.807, 2.05) is 6.07 Å². The summed E-state index contributed by atoms with van der Waals surface area (Å²) in [4.78, 5) is 4.53. The molecule has 1 aromatic carbocycles. The van der Waals surface area contributed by atoms with Gasteiger partial charge in [-0.2, -0.15) is 0 Å². The van der Waals surface area contributed by atoms with Gasteiger partial charge in [-0.3, -0.25) is 0 Å². The van der Waals surface area contributed by atoms with Gasteiger partial charge < -0.3 is 4.57 Å². The Kier molecular flexibility index (Phi) is 3.04. The molecule has 3 heteroatoms. The zero-order valence-corrected chi connectivity index (χ0v) is 12.3. The third kappa shape index (κ3) is 2.16. The fourth-order valence-electron chi connectivity index (χ4n) is 3.00. The van der Waals surface area contributed by atoms with Crippen LogP contribution in [0.5, 0.6) is 0 Å². The van der Waals surface area contributed by atoms with Crippen LogP contribution in [0.1, 0.15) is 18.4 Å². The number of halogens is 1. The Morgan fingerprint density at radius 3 is 2.71 bits per heavy atom. The van der Waals surface area contributed by atoms with Gasteiger partial charge >= 0.3 is 0 Å². The highest BCUT2D eigenvalue weighted by Crippen LogP contribution is 2.20. The van der Waals surface area contributed by atoms with Gasteiger partial charge in [-0.1, -0.05) is 54.1 Å². The van der Waals surface area contributed by atoms with Crippen LogP contribution in [0, 0.1) is 0 Å². The minimum Gasteiger partial charge on any atom is -0.342 e. The van der Waals surface area contributed by atoms with Gasteiger partial charge in [0, 0.05) is 23.3 Å². The average molecular weight is 295 g/mol. The second-order valence-electron chi connectivity index (χ2n) is 5.38. The lowest BCUT2D eigenvalue weighted by molar-refractivity contribution is 0.832. The second-order valence-corrected chi connectivity index (χ2v) is 5.74. The monoisotopic (exact) mass is 294 g/mol. The van der Waals surface area contributed by atoms with E-state index in [4.69, 9.17) is 11.6 Å². The van der Waals surface area contributed by atoms with Crippen LogP contribution in [0.2, 0.25) is 5.15 Å². The fourth-order valence-corrected chi connectivity index (χ4v) is 3.25. The van der Waals surface area contributed by atoms with Crippen molar-refractivity contribution in [2.24, 2.45) is 0 Å². The van der Waals surface area contributed by atoms with Crippen molar-refractivity contribution in [2.45, 2.75) is 19.4 Å². The van der Waals surface area contributed by atoms with E-state index in [2.05, 4.69) is 58.2 Å². The van der Waals surface area contributed by atoms with Crippen molar-refractivity contribution < 1.29 is 0 Å². The van der Waals surface area contributed by atoms with E-state index in [1.165, 1.54) is 16.3 Å². The molecule has 104 valence electrons. The van der Waals surface area contributed by atoms with Crippen molar-refractivity contribution in [3.63, 3.8) is 0 Å². The number of fused-ring (bicyclic) bond motifs is 3. The molecule has 0 N–H and O–H groups in total. The Balaban J connectivity index is 1.98. The molecule has 0 amide bonds. The lowest BCUT2D eigenvalue weighted by Crippen LogP contribution is -2.32. The molecule has 0 spiro atoms. The standard InChI is InChI=1S/C18H15ClN2/c19-18-15-10-11-21(12-13-6-2-1-3-7-13)17(15)14-8-4-5-9-16(14)20-18/h1-3,6-11H,4-5,12H2. The number of rotatable bonds is 2. The number of aromatic nitrogens is 2. The predicted octanol–water partition coefficient (Wildman–Crippen LogP) is 3.09. The Labute approximate surface area is 128 Å². The zero-order chi connectivity index (χ0) is 14.2. The van der Waals surface area contributed by atoms with E-state index in [9.17, 15) is 0 Å². The summed E-state index contributed by atoms with van der Waals surface area (Å²) in [6.45, 7) is 0.852. The quantitative estimate of drug-likeness (QED) is 0.664. The van der Waals surface area contributed by atoms with E-state index in [0.717, 1.165) is 30.1 Å². The first-order valence-electron chi connectivity index (χ1n) is 7.21. The number of nitrogens with zero attached hydrogens (tertiary/aromatic N) is 2. The number of benzene rings is 1. The summed E-state index contributed by atoms with van der Waals surface area (Å²) in [6, 6.07) is 12.6. The molecule has 0 bridgehead atoms. The van der Waals surface area contributed by atoms with Gasteiger partial charge in [0.25, 0.3) is 0 Å². The second kappa shape index (κ2) is 5.05. The Morgan fingerprint density at radius 2 is 1.86 bits per heavy atom. The Bertz CT molecular complexity index is 923. The van der Waals surface area contributed by atoms with Crippen molar-refractivity contribution in [3.05, 3.63) is 63.9 Å². The molecule has 0 radical (unpaired) electrons. The summed E-state index contributed by atoms with van der Waals surface area (Å²) in [7, 11) is 0. The van der Waals surface area contributed by atoms with Gasteiger partial charge in [-0.25, -0.2) is 4.98 Å². The highest BCUT2D eigenvalue weighted by Gasteiger charge is 2.10. The SMILES string of the molecule is Clc1nc2c(c3c1ccn3Cc1ccccc1)=CCCC=2. The van der Waals surface area contributed by atoms with E-state index in [0.29, 0.717) is 5.15 Å². The van der Waals surface area contributed by atoms with Crippen molar-refractivity contribution in [1.82, 2.24) is 9.55 Å². The summed E-state index contributed by atoms with van der Waals surface area (Å²) in [6.07, 6.45) is 8.68. The largest absolute Gasteiger partial charge is 0.342 e. The van der Waals surface area contributed by atoms with Crippen molar-refractivity contribution in [3.8, 4) is 0 Å². The van der Waals surface area contributed by atoms with Gasteiger partial charge in [0.1, 0.15) is 5.15 Å². The Hall–Kier alpha value is -2.06. The molecular weight excluding hydrogens is 280 g/mol. The molecule has 0 fully saturated rings. The molecule has 4 rings (SSSR count). The highest BCUT2D eigenvalue weighted by molar-refractivity contribution is 6.34. The summed E-state index contributed by atoms with van der Waals surface area (Å²) in [5, 5.41) is 3.88. The van der Waals surface area contributed by atoms with E-state index >= 15 is 0 Å². The highest BCUT2D eigenvalue weighted by atomic mass is 35.5. The lowest BCUT2D eigenvalue weighted by Gasteiger charge is -2.09. The van der Waals surface area contributed by atoms with E-state index in [1.54, 1.807) is 0 Å². The molecule has 2 heterocycles. The van der Waals surface area contributed by atoms with Crippen LogP contribution in [-0.2, 0) is 6.54 Å². The topological polar surface area (TPSA) is 17.8 Å². The molecule has 3 aromatic rings. The third-order valence-corrected chi connectivity index (χ3v) is 4.27. The third-order valence-electron chi connectivity index (χ3n) is 3.98. The fraction of sp³-hybridized carbons (Fsp3) is 0.167. The maximum absolute atomic E-state index is 6.35. The molecule has 0 unspecified atom stereocenters. The van der Waals surface area contributed by atoms with Crippen LogP contribution in [0.3, 0.4) is 0 Å². The summed E-state index contributed by atoms with van der Waals surface area (Å²) < 4.78 is 2.27. The van der Waals surface area contributed by atoms with E-state index in [-0.39, 0.29) is 0 Å². The van der Waals surface area contributed by atoms with Crippen LogP contribution >= 0.6 is 11.6 Å². The zero-order valence-electron chi connectivity index (χ0n) is 11.6. The molecule has 2 nitrogen and oxygen atoms in total. The Morgan fingerprint density at radius 1 is 1.05 bits per heavy atom. The number of hydrogen-bond acceptors (Lipinski definition) is 1. The molecular formula is C18H15ClN2. The first-order valence-corrected chi connectivity index (χ1v) is 7.59. The summed E-state index contributed by atoms with van der Waals surface area (Å²) in [5.41, 5.74) is 2.49. The first-order chi connectivity index (χ1) is 10.3. The van der Waals surface area contributed by atoms with Crippen molar-refractivity contribution in [1.29, 1.82) is 0 Å². The molecule has 0 aliphatic heterocycles. The average Bonchev–Trinajstić information content (AvgIpc) is 2.93. The smallest absolute Gasteiger partial charge is 0.139 e. The van der Waals surface area contributed by atoms with E-state index < -0.39 is 0 Å². The molecule has 0 saturated heterocycles. The summed E-state index contributed by atoms with van der Waals surface area (Å²) >= 11 is 6.35. The van der Waals surface area contributed by atoms with Crippen LogP contribution in [-0.4, -0.2) is 9.55 Å². The molecule has 1 aliphatic rings. The minimum absolute atomic E-state index is 0.599. The molecule has 0 atom stereocenters. The maximum Gasteiger partial charge on any atom is 0.139 e. The lowest BCUT2D eigenvalue weighted by atomic mass is 10.1. The van der Waals surface area contributed by atoms with Gasteiger partial charge in [-0.05, 0) is 24.5 Å². The number of hydrogen-bond donors (Lipinski definition) is 0. The normalized spacial score (nSPS) is 13.6. The predicted molar refractivity (Wildman–Crippen MR) is 87.7 cm³/mol. The summed E-state index contributed by atoms with van der Waals surface area (Å²) in [5.74, 6) is 0. The maximum atomic E-state index is 6.35. The van der Waals surface area contributed by atoms with Crippen LogP contribution in [0.15, 0.2) is 42.6 Å². The van der Waals surface area contributed by atoms with Crippen molar-refractivity contribution >= 4 is 34.7 Å². The van der Waals surface area contributed by atoms with Crippen LogP contribution in [0.4, 0.5) is 0 Å². The van der Waals surface area contributed by atoms with Crippen LogP contribution in [0.25, 0.3) is 23.1 Å².